The highest BCUT2D eigenvalue weighted by Crippen LogP contribution is 2.27. The van der Waals surface area contributed by atoms with Crippen molar-refractivity contribution in [3.63, 3.8) is 0 Å². The van der Waals surface area contributed by atoms with Gasteiger partial charge in [0.25, 0.3) is 5.56 Å². The Morgan fingerprint density at radius 3 is 2.82 bits per heavy atom. The van der Waals surface area contributed by atoms with Gasteiger partial charge in [0.05, 0.1) is 22.0 Å². The van der Waals surface area contributed by atoms with E-state index >= 15 is 0 Å². The molecule has 0 unspecified atom stereocenters. The van der Waals surface area contributed by atoms with E-state index in [1.54, 1.807) is 12.1 Å². The summed E-state index contributed by atoms with van der Waals surface area (Å²) in [6.45, 7) is 0. The number of carbonyl (C=O) groups is 1. The van der Waals surface area contributed by atoms with Crippen molar-refractivity contribution in [2.24, 2.45) is 0 Å². The Hall–Kier alpha value is -1.83. The number of hydrogen-bond acceptors (Lipinski definition) is 5. The zero-order valence-corrected chi connectivity index (χ0v) is 17.6. The van der Waals surface area contributed by atoms with Crippen molar-refractivity contribution in [3.05, 3.63) is 51.1 Å². The van der Waals surface area contributed by atoms with E-state index in [4.69, 9.17) is 11.6 Å². The number of benzene rings is 1. The van der Waals surface area contributed by atoms with Crippen molar-refractivity contribution in [3.8, 4) is 5.69 Å². The molecule has 0 bridgehead atoms. The molecular weight excluding hydrogens is 414 g/mol. The Balaban J connectivity index is 1.62. The number of rotatable bonds is 5. The van der Waals surface area contributed by atoms with Gasteiger partial charge in [-0.05, 0) is 36.4 Å². The molecule has 5 nitrogen and oxygen atoms in total. The van der Waals surface area contributed by atoms with E-state index in [0.717, 1.165) is 12.8 Å². The fraction of sp³-hybridized carbons (Fsp3) is 0.350. The van der Waals surface area contributed by atoms with Gasteiger partial charge in [-0.3, -0.25) is 14.2 Å². The number of amides is 1. The van der Waals surface area contributed by atoms with Crippen molar-refractivity contribution in [1.29, 1.82) is 0 Å². The SMILES string of the molecule is O=C(CSc1nc2ccsc2c(=O)n1-c1ccccc1Cl)NC1CCCCC1. The Kier molecular flexibility index (Phi) is 6.04. The molecule has 8 heteroatoms. The van der Waals surface area contributed by atoms with Gasteiger partial charge in [-0.15, -0.1) is 11.3 Å². The molecule has 0 radical (unpaired) electrons. The van der Waals surface area contributed by atoms with Gasteiger partial charge in [0, 0.05) is 6.04 Å². The van der Waals surface area contributed by atoms with Crippen LogP contribution in [-0.2, 0) is 4.79 Å². The molecule has 2 aromatic heterocycles. The lowest BCUT2D eigenvalue weighted by Gasteiger charge is -2.22. The topological polar surface area (TPSA) is 64.0 Å². The van der Waals surface area contributed by atoms with Gasteiger partial charge in [-0.25, -0.2) is 4.98 Å². The molecule has 1 saturated carbocycles. The first-order valence-electron chi connectivity index (χ1n) is 9.31. The molecule has 1 aliphatic rings. The number of aromatic nitrogens is 2. The monoisotopic (exact) mass is 433 g/mol. The molecule has 4 rings (SSSR count). The van der Waals surface area contributed by atoms with E-state index in [9.17, 15) is 9.59 Å². The average Bonchev–Trinajstić information content (AvgIpc) is 3.17. The molecular formula is C20H20ClN3O2S2. The smallest absolute Gasteiger partial charge is 0.276 e. The summed E-state index contributed by atoms with van der Waals surface area (Å²) >= 11 is 8.97. The third kappa shape index (κ3) is 4.11. The second-order valence-corrected chi connectivity index (χ2v) is 9.08. The number of hydrogen-bond donors (Lipinski definition) is 1. The van der Waals surface area contributed by atoms with Crippen molar-refractivity contribution < 1.29 is 4.79 Å². The molecule has 146 valence electrons. The molecule has 28 heavy (non-hydrogen) atoms. The van der Waals surface area contributed by atoms with Crippen LogP contribution in [0, 0.1) is 0 Å². The molecule has 2 heterocycles. The molecule has 0 spiro atoms. The van der Waals surface area contributed by atoms with Crippen LogP contribution in [0.5, 0.6) is 0 Å². The maximum Gasteiger partial charge on any atom is 0.276 e. The van der Waals surface area contributed by atoms with E-state index < -0.39 is 0 Å². The number of nitrogens with one attached hydrogen (secondary N) is 1. The molecule has 0 atom stereocenters. The number of halogens is 1. The van der Waals surface area contributed by atoms with Gasteiger partial charge in [0.1, 0.15) is 4.70 Å². The summed E-state index contributed by atoms with van der Waals surface area (Å²) in [7, 11) is 0. The van der Waals surface area contributed by atoms with Crippen LogP contribution < -0.4 is 10.9 Å². The molecule has 1 aliphatic carbocycles. The fourth-order valence-corrected chi connectivity index (χ4v) is 5.28. The number of nitrogens with zero attached hydrogens (tertiary/aromatic N) is 2. The minimum atomic E-state index is -0.164. The first-order chi connectivity index (χ1) is 13.6. The van der Waals surface area contributed by atoms with Gasteiger partial charge in [0.15, 0.2) is 5.16 Å². The summed E-state index contributed by atoms with van der Waals surface area (Å²) in [6.07, 6.45) is 5.66. The number of carbonyl (C=O) groups excluding carboxylic acids is 1. The predicted octanol–water partition coefficient (Wildman–Crippen LogP) is 4.64. The van der Waals surface area contributed by atoms with Crippen LogP contribution in [0.15, 0.2) is 45.7 Å². The lowest BCUT2D eigenvalue weighted by molar-refractivity contribution is -0.119. The zero-order chi connectivity index (χ0) is 19.5. The lowest BCUT2D eigenvalue weighted by atomic mass is 9.95. The molecule has 1 fully saturated rings. The van der Waals surface area contributed by atoms with Gasteiger partial charge < -0.3 is 5.32 Å². The fourth-order valence-electron chi connectivity index (χ4n) is 3.48. The first-order valence-corrected chi connectivity index (χ1v) is 11.5. The van der Waals surface area contributed by atoms with Crippen LogP contribution >= 0.6 is 34.7 Å². The summed E-state index contributed by atoms with van der Waals surface area (Å²) in [5.41, 5.74) is 1.06. The second kappa shape index (κ2) is 8.68. The van der Waals surface area contributed by atoms with Crippen LogP contribution in [0.4, 0.5) is 0 Å². The van der Waals surface area contributed by atoms with Crippen LogP contribution in [0.2, 0.25) is 5.02 Å². The summed E-state index contributed by atoms with van der Waals surface area (Å²) in [6, 6.07) is 9.27. The van der Waals surface area contributed by atoms with Crippen molar-refractivity contribution >= 4 is 50.8 Å². The van der Waals surface area contributed by atoms with Gasteiger partial charge >= 0.3 is 0 Å². The quantitative estimate of drug-likeness (QED) is 0.470. The highest BCUT2D eigenvalue weighted by Gasteiger charge is 2.19. The Morgan fingerprint density at radius 2 is 2.04 bits per heavy atom. The minimum absolute atomic E-state index is 0.0257. The predicted molar refractivity (Wildman–Crippen MR) is 116 cm³/mol. The molecule has 1 N–H and O–H groups in total. The van der Waals surface area contributed by atoms with Gasteiger partial charge in [0.2, 0.25) is 5.91 Å². The van der Waals surface area contributed by atoms with Crippen LogP contribution in [0.25, 0.3) is 15.9 Å². The molecule has 1 amide bonds. The van der Waals surface area contributed by atoms with Gasteiger partial charge in [-0.1, -0.05) is 54.8 Å². The molecule has 3 aromatic rings. The highest BCUT2D eigenvalue weighted by molar-refractivity contribution is 7.99. The second-order valence-electron chi connectivity index (χ2n) is 6.81. The maximum absolute atomic E-state index is 13.1. The van der Waals surface area contributed by atoms with Crippen LogP contribution in [0.1, 0.15) is 32.1 Å². The number of fused-ring (bicyclic) bond motifs is 1. The third-order valence-corrected chi connectivity index (χ3v) is 6.99. The van der Waals surface area contributed by atoms with Crippen molar-refractivity contribution in [2.75, 3.05) is 5.75 Å². The van der Waals surface area contributed by atoms with Crippen molar-refractivity contribution in [2.45, 2.75) is 43.3 Å². The van der Waals surface area contributed by atoms with Gasteiger partial charge in [-0.2, -0.15) is 0 Å². The molecule has 1 aromatic carbocycles. The normalized spacial score (nSPS) is 15.0. The van der Waals surface area contributed by atoms with E-state index in [1.165, 1.54) is 46.9 Å². The summed E-state index contributed by atoms with van der Waals surface area (Å²) in [5, 5.41) is 5.90. The average molecular weight is 434 g/mol. The first kappa shape index (κ1) is 19.5. The maximum atomic E-state index is 13.1. The standard InChI is InChI=1S/C20H20ClN3O2S2/c21-14-8-4-5-9-16(14)24-19(26)18-15(10-11-27-18)23-20(24)28-12-17(25)22-13-6-2-1-3-7-13/h4-5,8-11,13H,1-3,6-7,12H2,(H,22,25). The Labute approximate surface area is 176 Å². The summed E-state index contributed by atoms with van der Waals surface area (Å²) in [4.78, 5) is 30.1. The van der Waals surface area contributed by atoms with E-state index in [1.807, 2.05) is 23.6 Å². The largest absolute Gasteiger partial charge is 0.353 e. The lowest BCUT2D eigenvalue weighted by Crippen LogP contribution is -2.37. The Morgan fingerprint density at radius 1 is 1.25 bits per heavy atom. The summed E-state index contributed by atoms with van der Waals surface area (Å²) < 4.78 is 2.09. The highest BCUT2D eigenvalue weighted by atomic mass is 35.5. The van der Waals surface area contributed by atoms with E-state index in [-0.39, 0.29) is 23.3 Å². The van der Waals surface area contributed by atoms with Crippen molar-refractivity contribution in [1.82, 2.24) is 14.9 Å². The van der Waals surface area contributed by atoms with E-state index in [2.05, 4.69) is 10.3 Å². The van der Waals surface area contributed by atoms with Crippen LogP contribution in [-0.4, -0.2) is 27.3 Å². The van der Waals surface area contributed by atoms with Crippen LogP contribution in [0.3, 0.4) is 0 Å². The number of para-hydroxylation sites is 1. The Bertz CT molecular complexity index is 1060. The van der Waals surface area contributed by atoms with E-state index in [0.29, 0.717) is 26.1 Å². The summed E-state index contributed by atoms with van der Waals surface area (Å²) in [5.74, 6) is 0.186. The molecule has 0 saturated heterocycles. The molecule has 0 aliphatic heterocycles. The zero-order valence-electron chi connectivity index (χ0n) is 15.2. The third-order valence-electron chi connectivity index (χ3n) is 4.85. The minimum Gasteiger partial charge on any atom is -0.353 e. The number of thioether (sulfide) groups is 1. The number of thiophene rings is 1.